The molecule has 202 valence electrons. The quantitative estimate of drug-likeness (QED) is 0.201. The third-order valence-electron chi connectivity index (χ3n) is 6.12. The zero-order valence-electron chi connectivity index (χ0n) is 21.1. The van der Waals surface area contributed by atoms with Crippen molar-refractivity contribution in [3.05, 3.63) is 104 Å². The highest BCUT2D eigenvalue weighted by Crippen LogP contribution is 2.38. The third-order valence-corrected chi connectivity index (χ3v) is 7.90. The number of hydrogen-bond donors (Lipinski definition) is 1. The number of benzene rings is 4. The number of hydrogen-bond acceptors (Lipinski definition) is 6. The number of fused-ring (bicyclic) bond motifs is 1. The van der Waals surface area contributed by atoms with Crippen LogP contribution in [0.1, 0.15) is 11.1 Å². The zero-order valence-corrected chi connectivity index (χ0v) is 24.3. The van der Waals surface area contributed by atoms with Gasteiger partial charge < -0.3 is 14.8 Å². The van der Waals surface area contributed by atoms with E-state index in [1.807, 2.05) is 42.5 Å². The molecule has 0 radical (unpaired) electrons. The van der Waals surface area contributed by atoms with Crippen molar-refractivity contribution in [2.75, 3.05) is 19.0 Å². The minimum atomic E-state index is -0.552. The van der Waals surface area contributed by atoms with Gasteiger partial charge in [0.2, 0.25) is 5.91 Å². The number of carbonyl (C=O) groups excluding carboxylic acids is 3. The molecule has 0 bridgehead atoms. The van der Waals surface area contributed by atoms with Crippen molar-refractivity contribution in [2.24, 2.45) is 0 Å². The monoisotopic (exact) mass is 636 g/mol. The summed E-state index contributed by atoms with van der Waals surface area (Å²) in [6.45, 7) is -0.0874. The van der Waals surface area contributed by atoms with Crippen LogP contribution < -0.4 is 14.8 Å². The Hall–Kier alpha value is -3.79. The van der Waals surface area contributed by atoms with Crippen molar-refractivity contribution in [1.29, 1.82) is 0 Å². The Morgan fingerprint density at radius 1 is 1.05 bits per heavy atom. The topological polar surface area (TPSA) is 84.9 Å². The van der Waals surface area contributed by atoms with E-state index in [4.69, 9.17) is 21.1 Å². The summed E-state index contributed by atoms with van der Waals surface area (Å²) in [5.41, 5.74) is 2.15. The summed E-state index contributed by atoms with van der Waals surface area (Å²) in [7, 11) is 1.54. The van der Waals surface area contributed by atoms with Crippen LogP contribution in [-0.2, 0) is 16.2 Å². The fourth-order valence-electron chi connectivity index (χ4n) is 4.18. The summed E-state index contributed by atoms with van der Waals surface area (Å²) < 4.78 is 11.8. The number of thioether (sulfide) groups is 1. The number of nitrogens with zero attached hydrogens (tertiary/aromatic N) is 1. The third kappa shape index (κ3) is 6.17. The summed E-state index contributed by atoms with van der Waals surface area (Å²) >= 11 is 10.8. The number of carbonyl (C=O) groups is 3. The van der Waals surface area contributed by atoms with E-state index in [1.54, 1.807) is 49.6 Å². The molecule has 0 unspecified atom stereocenters. The van der Waals surface area contributed by atoms with Gasteiger partial charge >= 0.3 is 0 Å². The molecule has 1 aliphatic heterocycles. The largest absolute Gasteiger partial charge is 0.497 e. The fraction of sp³-hybridized carbons (Fsp3) is 0.100. The molecule has 10 heteroatoms. The van der Waals surface area contributed by atoms with Crippen LogP contribution in [0.5, 0.6) is 11.5 Å². The summed E-state index contributed by atoms with van der Waals surface area (Å²) in [4.78, 5) is 39.1. The van der Waals surface area contributed by atoms with Crippen LogP contribution in [0.2, 0.25) is 5.02 Å². The molecule has 1 fully saturated rings. The lowest BCUT2D eigenvalue weighted by molar-refractivity contribution is -0.127. The van der Waals surface area contributed by atoms with Crippen LogP contribution in [0.4, 0.5) is 10.5 Å². The highest BCUT2D eigenvalue weighted by Gasteiger charge is 2.36. The molecule has 0 atom stereocenters. The van der Waals surface area contributed by atoms with E-state index in [0.717, 1.165) is 33.0 Å². The van der Waals surface area contributed by atoms with Crippen LogP contribution in [-0.4, -0.2) is 35.6 Å². The van der Waals surface area contributed by atoms with Crippen molar-refractivity contribution in [1.82, 2.24) is 4.90 Å². The van der Waals surface area contributed by atoms with Gasteiger partial charge in [-0.2, -0.15) is 0 Å². The fourth-order valence-corrected chi connectivity index (χ4v) is 6.00. The number of imide groups is 1. The molecule has 7 nitrogen and oxygen atoms in total. The van der Waals surface area contributed by atoms with Gasteiger partial charge in [-0.05, 0) is 92.1 Å². The Bertz CT molecular complexity index is 1630. The SMILES string of the molecule is COc1ccc(NC(=O)CN2C(=O)S/C(=C/c3cc(Cl)c(OCc4cccc5ccccc45)c(Br)c3)C2=O)cc1. The van der Waals surface area contributed by atoms with E-state index in [-0.39, 0.29) is 4.91 Å². The van der Waals surface area contributed by atoms with Gasteiger partial charge in [-0.1, -0.05) is 54.1 Å². The van der Waals surface area contributed by atoms with Crippen molar-refractivity contribution in [3.8, 4) is 11.5 Å². The average molecular weight is 638 g/mol. The Kier molecular flexibility index (Phi) is 8.44. The molecule has 4 aromatic rings. The van der Waals surface area contributed by atoms with E-state index in [1.165, 1.54) is 0 Å². The molecule has 0 aromatic heterocycles. The maximum absolute atomic E-state index is 12.9. The molecule has 1 N–H and O–H groups in total. The molecule has 3 amide bonds. The van der Waals surface area contributed by atoms with Crippen LogP contribution in [0.25, 0.3) is 16.8 Å². The van der Waals surface area contributed by atoms with Gasteiger partial charge in [0.1, 0.15) is 18.9 Å². The maximum Gasteiger partial charge on any atom is 0.294 e. The highest BCUT2D eigenvalue weighted by atomic mass is 79.9. The molecule has 1 saturated heterocycles. The summed E-state index contributed by atoms with van der Waals surface area (Å²) in [5.74, 6) is 0.0656. The number of amides is 3. The zero-order chi connectivity index (χ0) is 28.2. The molecule has 0 spiro atoms. The van der Waals surface area contributed by atoms with Gasteiger partial charge in [0, 0.05) is 5.69 Å². The number of nitrogens with one attached hydrogen (secondary N) is 1. The van der Waals surface area contributed by atoms with Crippen LogP contribution in [0, 0.1) is 0 Å². The van der Waals surface area contributed by atoms with Gasteiger partial charge in [-0.3, -0.25) is 19.3 Å². The molecule has 1 heterocycles. The van der Waals surface area contributed by atoms with Crippen LogP contribution in [0.3, 0.4) is 0 Å². The lowest BCUT2D eigenvalue weighted by Gasteiger charge is -2.13. The second-order valence-electron chi connectivity index (χ2n) is 8.79. The molecular weight excluding hydrogens is 616 g/mol. The first-order chi connectivity index (χ1) is 19.3. The number of ether oxygens (including phenoxy) is 2. The number of anilines is 1. The normalized spacial score (nSPS) is 14.2. The van der Waals surface area contributed by atoms with Crippen molar-refractivity contribution in [2.45, 2.75) is 6.61 Å². The Morgan fingerprint density at radius 2 is 1.80 bits per heavy atom. The first-order valence-corrected chi connectivity index (χ1v) is 14.1. The molecule has 0 aliphatic carbocycles. The van der Waals surface area contributed by atoms with Crippen molar-refractivity contribution < 1.29 is 23.9 Å². The minimum Gasteiger partial charge on any atom is -0.497 e. The van der Waals surface area contributed by atoms with Gasteiger partial charge in [0.05, 0.1) is 21.5 Å². The smallest absolute Gasteiger partial charge is 0.294 e. The van der Waals surface area contributed by atoms with Gasteiger partial charge in [-0.25, -0.2) is 0 Å². The Labute approximate surface area is 248 Å². The van der Waals surface area contributed by atoms with Crippen molar-refractivity contribution >= 4 is 78.9 Å². The predicted octanol–water partition coefficient (Wildman–Crippen LogP) is 7.52. The lowest BCUT2D eigenvalue weighted by Crippen LogP contribution is -2.36. The number of halogens is 2. The average Bonchev–Trinajstić information content (AvgIpc) is 3.20. The Morgan fingerprint density at radius 3 is 2.55 bits per heavy atom. The van der Waals surface area contributed by atoms with Gasteiger partial charge in [0.25, 0.3) is 11.1 Å². The standard InChI is InChI=1S/C30H22BrClN2O5S/c1-38-22-11-9-21(10-12-22)33-27(35)16-34-29(36)26(40-30(34)37)15-18-13-24(31)28(25(32)14-18)39-17-20-7-4-6-19-5-2-3-8-23(19)20/h2-15H,16-17H2,1H3,(H,33,35)/b26-15+. The van der Waals surface area contributed by atoms with E-state index in [0.29, 0.717) is 38.9 Å². The van der Waals surface area contributed by atoms with Gasteiger partial charge in [-0.15, -0.1) is 0 Å². The first-order valence-electron chi connectivity index (χ1n) is 12.1. The number of rotatable bonds is 8. The van der Waals surface area contributed by atoms with Crippen LogP contribution in [0.15, 0.2) is 88.2 Å². The predicted molar refractivity (Wildman–Crippen MR) is 162 cm³/mol. The Balaban J connectivity index is 1.26. The minimum absolute atomic E-state index is 0.189. The lowest BCUT2D eigenvalue weighted by atomic mass is 10.1. The molecule has 5 rings (SSSR count). The highest BCUT2D eigenvalue weighted by molar-refractivity contribution is 9.10. The summed E-state index contributed by atoms with van der Waals surface area (Å²) in [6.07, 6.45) is 1.57. The van der Waals surface area contributed by atoms with Crippen molar-refractivity contribution in [3.63, 3.8) is 0 Å². The molecule has 40 heavy (non-hydrogen) atoms. The second-order valence-corrected chi connectivity index (χ2v) is 11.0. The number of methoxy groups -OCH3 is 1. The molecule has 1 aliphatic rings. The second kappa shape index (κ2) is 12.2. The summed E-state index contributed by atoms with van der Waals surface area (Å²) in [6, 6.07) is 24.3. The maximum atomic E-state index is 12.9. The summed E-state index contributed by atoms with van der Waals surface area (Å²) in [5, 5.41) is 4.71. The van der Waals surface area contributed by atoms with Crippen LogP contribution >= 0.6 is 39.3 Å². The molecule has 4 aromatic carbocycles. The van der Waals surface area contributed by atoms with E-state index < -0.39 is 23.6 Å². The van der Waals surface area contributed by atoms with E-state index in [2.05, 4.69) is 21.2 Å². The van der Waals surface area contributed by atoms with E-state index >= 15 is 0 Å². The van der Waals surface area contributed by atoms with Gasteiger partial charge in [0.15, 0.2) is 5.75 Å². The van der Waals surface area contributed by atoms with E-state index in [9.17, 15) is 14.4 Å². The molecule has 0 saturated carbocycles. The first kappa shape index (κ1) is 27.8. The molecular formula is C30H22BrClN2O5S.